The predicted octanol–water partition coefficient (Wildman–Crippen LogP) is 1.31. The smallest absolute Gasteiger partial charge is 0.293 e. The maximum absolute atomic E-state index is 11.4. The van der Waals surface area contributed by atoms with Gasteiger partial charge in [-0.2, -0.15) is 0 Å². The topological polar surface area (TPSA) is 96.3 Å². The fourth-order valence-electron chi connectivity index (χ4n) is 2.61. The van der Waals surface area contributed by atoms with E-state index in [1.165, 1.54) is 0 Å². The molecule has 0 amide bonds. The molecule has 1 N–H and O–H groups in total. The Morgan fingerprint density at radius 3 is 2.67 bits per heavy atom. The maximum atomic E-state index is 11.4. The number of non-ortho nitro benzene ring substituents is 1. The monoisotopic (exact) mass is 309 g/mol. The van der Waals surface area contributed by atoms with Crippen molar-refractivity contribution < 1.29 is 13.3 Å². The lowest BCUT2D eigenvalue weighted by Gasteiger charge is -2.26. The zero-order valence-electron chi connectivity index (χ0n) is 11.3. The van der Waals surface area contributed by atoms with Gasteiger partial charge in [-0.15, -0.1) is 0 Å². The zero-order chi connectivity index (χ0) is 15.0. The number of hydrogen-bond donors (Lipinski definition) is 1. The molecule has 2 heterocycles. The first kappa shape index (κ1) is 14.0. The largest absolute Gasteiger partial charge is 0.356 e. The molecule has 0 bridgehead atoms. The molecule has 0 atom stereocenters. The molecular weight excluding hydrogens is 294 g/mol. The fourth-order valence-corrected chi connectivity index (χ4v) is 3.89. The Balaban J connectivity index is 1.86. The summed E-state index contributed by atoms with van der Waals surface area (Å²) in [7, 11) is -2.91. The Kier molecular flexibility index (Phi) is 3.42. The summed E-state index contributed by atoms with van der Waals surface area (Å²) >= 11 is 0. The summed E-state index contributed by atoms with van der Waals surface area (Å²) in [6.45, 7) is 1.47. The minimum absolute atomic E-state index is 0.0529. The second-order valence-corrected chi connectivity index (χ2v) is 7.55. The van der Waals surface area contributed by atoms with Crippen LogP contribution in [0.1, 0.15) is 5.56 Å². The van der Waals surface area contributed by atoms with Gasteiger partial charge in [0.2, 0.25) is 0 Å². The summed E-state index contributed by atoms with van der Waals surface area (Å²) in [5.74, 6) is 0.309. The Bertz CT molecular complexity index is 783. The normalized spacial score (nSPS) is 18.9. The molecule has 0 spiro atoms. The average molecular weight is 309 g/mol. The summed E-state index contributed by atoms with van der Waals surface area (Å²) in [6.07, 6.45) is 1.68. The number of benzene rings is 1. The molecule has 1 aromatic heterocycles. The Morgan fingerprint density at radius 2 is 2.00 bits per heavy atom. The second-order valence-electron chi connectivity index (χ2n) is 5.24. The molecule has 1 saturated heterocycles. The van der Waals surface area contributed by atoms with Crippen molar-refractivity contribution in [2.24, 2.45) is 0 Å². The lowest BCUT2D eigenvalue weighted by Crippen LogP contribution is -2.39. The summed E-state index contributed by atoms with van der Waals surface area (Å²) < 4.78 is 22.8. The van der Waals surface area contributed by atoms with Crippen molar-refractivity contribution in [1.82, 2.24) is 9.88 Å². The van der Waals surface area contributed by atoms with Gasteiger partial charge in [0, 0.05) is 37.3 Å². The first-order valence-corrected chi connectivity index (χ1v) is 8.44. The molecular formula is C13H15N3O4S. The van der Waals surface area contributed by atoms with Crippen LogP contribution >= 0.6 is 0 Å². The van der Waals surface area contributed by atoms with Crippen LogP contribution in [0.5, 0.6) is 0 Å². The van der Waals surface area contributed by atoms with Crippen LogP contribution in [0.15, 0.2) is 24.4 Å². The molecule has 8 heteroatoms. The minimum atomic E-state index is -2.91. The average Bonchev–Trinajstić information content (AvgIpc) is 2.88. The molecule has 1 fully saturated rings. The number of H-pyrrole nitrogens is 1. The number of sulfone groups is 1. The van der Waals surface area contributed by atoms with E-state index in [1.807, 2.05) is 11.0 Å². The van der Waals surface area contributed by atoms with E-state index >= 15 is 0 Å². The number of nitro groups is 1. The summed E-state index contributed by atoms with van der Waals surface area (Å²) in [5.41, 5.74) is 1.40. The van der Waals surface area contributed by atoms with Gasteiger partial charge in [-0.1, -0.05) is 0 Å². The number of hydrogen-bond acceptors (Lipinski definition) is 5. The van der Waals surface area contributed by atoms with E-state index in [4.69, 9.17) is 0 Å². The third-order valence-corrected chi connectivity index (χ3v) is 5.35. The molecule has 21 heavy (non-hydrogen) atoms. The highest BCUT2D eigenvalue weighted by atomic mass is 32.2. The summed E-state index contributed by atoms with van der Waals surface area (Å²) in [4.78, 5) is 15.6. The second kappa shape index (κ2) is 5.12. The van der Waals surface area contributed by atoms with Gasteiger partial charge in [-0.3, -0.25) is 15.0 Å². The number of fused-ring (bicyclic) bond motifs is 1. The number of aromatic amines is 1. The van der Waals surface area contributed by atoms with Crippen molar-refractivity contribution in [2.45, 2.75) is 6.54 Å². The zero-order valence-corrected chi connectivity index (χ0v) is 12.1. The van der Waals surface area contributed by atoms with Crippen molar-refractivity contribution in [3.05, 3.63) is 40.1 Å². The van der Waals surface area contributed by atoms with E-state index in [1.54, 1.807) is 18.3 Å². The lowest BCUT2D eigenvalue weighted by atomic mass is 10.1. The molecule has 0 radical (unpaired) electrons. The number of aromatic nitrogens is 1. The van der Waals surface area contributed by atoms with Crippen LogP contribution in [-0.2, 0) is 16.4 Å². The highest BCUT2D eigenvalue weighted by molar-refractivity contribution is 7.91. The molecule has 0 aliphatic carbocycles. The molecule has 1 aromatic carbocycles. The van der Waals surface area contributed by atoms with Crippen LogP contribution in [0.25, 0.3) is 10.9 Å². The standard InChI is InChI=1S/C13H15N3O4S/c17-16(18)12-8-10(7-11-1-2-14-13(11)12)9-15-3-5-21(19,20)6-4-15/h1-2,7-8,14H,3-6,9H2. The Hall–Kier alpha value is -1.93. The van der Waals surface area contributed by atoms with Crippen LogP contribution in [-0.4, -0.2) is 47.8 Å². The van der Waals surface area contributed by atoms with Crippen molar-refractivity contribution in [1.29, 1.82) is 0 Å². The van der Waals surface area contributed by atoms with E-state index in [0.717, 1.165) is 10.9 Å². The van der Waals surface area contributed by atoms with Crippen LogP contribution in [0.3, 0.4) is 0 Å². The van der Waals surface area contributed by atoms with Gasteiger partial charge in [0.1, 0.15) is 5.52 Å². The highest BCUT2D eigenvalue weighted by Crippen LogP contribution is 2.27. The van der Waals surface area contributed by atoms with Crippen LogP contribution in [0.4, 0.5) is 5.69 Å². The lowest BCUT2D eigenvalue weighted by molar-refractivity contribution is -0.383. The van der Waals surface area contributed by atoms with E-state index in [0.29, 0.717) is 25.2 Å². The van der Waals surface area contributed by atoms with E-state index in [9.17, 15) is 18.5 Å². The molecule has 2 aromatic rings. The number of nitrogens with zero attached hydrogens (tertiary/aromatic N) is 2. The van der Waals surface area contributed by atoms with Crippen LogP contribution < -0.4 is 0 Å². The quantitative estimate of drug-likeness (QED) is 0.681. The maximum Gasteiger partial charge on any atom is 0.293 e. The highest BCUT2D eigenvalue weighted by Gasteiger charge is 2.22. The SMILES string of the molecule is O=[N+]([O-])c1cc(CN2CCS(=O)(=O)CC2)cc2cc[nH]c12. The Morgan fingerprint density at radius 1 is 1.29 bits per heavy atom. The molecule has 1 aliphatic heterocycles. The first-order chi connectivity index (χ1) is 9.94. The number of rotatable bonds is 3. The van der Waals surface area contributed by atoms with Gasteiger partial charge in [0.05, 0.1) is 16.4 Å². The molecule has 0 saturated carbocycles. The van der Waals surface area contributed by atoms with Crippen molar-refractivity contribution in [3.63, 3.8) is 0 Å². The predicted molar refractivity (Wildman–Crippen MR) is 78.9 cm³/mol. The van der Waals surface area contributed by atoms with Gasteiger partial charge in [-0.05, 0) is 17.7 Å². The molecule has 112 valence electrons. The van der Waals surface area contributed by atoms with Crippen molar-refractivity contribution in [3.8, 4) is 0 Å². The van der Waals surface area contributed by atoms with Gasteiger partial charge in [0.15, 0.2) is 9.84 Å². The Labute approximate surface area is 121 Å². The van der Waals surface area contributed by atoms with Crippen LogP contribution in [0, 0.1) is 10.1 Å². The molecule has 3 rings (SSSR count). The molecule has 1 aliphatic rings. The number of nitrogens with one attached hydrogen (secondary N) is 1. The molecule has 7 nitrogen and oxygen atoms in total. The van der Waals surface area contributed by atoms with Gasteiger partial charge < -0.3 is 4.98 Å². The van der Waals surface area contributed by atoms with E-state index in [2.05, 4.69) is 4.98 Å². The summed E-state index contributed by atoms with van der Waals surface area (Å²) in [6, 6.07) is 5.26. The van der Waals surface area contributed by atoms with Crippen molar-refractivity contribution in [2.75, 3.05) is 24.6 Å². The molecule has 0 unspecified atom stereocenters. The van der Waals surface area contributed by atoms with Gasteiger partial charge in [0.25, 0.3) is 5.69 Å². The van der Waals surface area contributed by atoms with Gasteiger partial charge in [-0.25, -0.2) is 8.42 Å². The third kappa shape index (κ3) is 2.91. The fraction of sp³-hybridized carbons (Fsp3) is 0.385. The first-order valence-electron chi connectivity index (χ1n) is 6.62. The number of nitro benzene ring substituents is 1. The third-order valence-electron chi connectivity index (χ3n) is 3.74. The van der Waals surface area contributed by atoms with Crippen molar-refractivity contribution >= 4 is 26.4 Å². The van der Waals surface area contributed by atoms with Crippen LogP contribution in [0.2, 0.25) is 0 Å². The summed E-state index contributed by atoms with van der Waals surface area (Å²) in [5, 5.41) is 11.9. The van der Waals surface area contributed by atoms with E-state index < -0.39 is 14.8 Å². The minimum Gasteiger partial charge on any atom is -0.356 e. The van der Waals surface area contributed by atoms with E-state index in [-0.39, 0.29) is 17.2 Å². The van der Waals surface area contributed by atoms with Gasteiger partial charge >= 0.3 is 0 Å².